The maximum atomic E-state index is 5.50. The van der Waals surface area contributed by atoms with Crippen LogP contribution in [0.2, 0.25) is 0 Å². The minimum atomic E-state index is 0.510. The summed E-state index contributed by atoms with van der Waals surface area (Å²) in [5.41, 5.74) is 9.00. The molecule has 0 aliphatic rings. The molecule has 0 saturated carbocycles. The van der Waals surface area contributed by atoms with E-state index in [1.54, 1.807) is 11.8 Å². The summed E-state index contributed by atoms with van der Waals surface area (Å²) in [5.74, 6) is 0.632. The van der Waals surface area contributed by atoms with Crippen LogP contribution in [0.3, 0.4) is 0 Å². The van der Waals surface area contributed by atoms with Crippen molar-refractivity contribution in [1.29, 1.82) is 0 Å². The van der Waals surface area contributed by atoms with Gasteiger partial charge in [-0.15, -0.1) is 0 Å². The minimum Gasteiger partial charge on any atom is -0.393 e. The first-order valence-electron chi connectivity index (χ1n) is 5.48. The molecule has 5 heteroatoms. The molecule has 2 rings (SSSR count). The highest BCUT2D eigenvalue weighted by Crippen LogP contribution is 2.23. The first-order chi connectivity index (χ1) is 8.11. The third kappa shape index (κ3) is 2.61. The van der Waals surface area contributed by atoms with Gasteiger partial charge in [-0.2, -0.15) is 0 Å². The molecular weight excluding hydrogens is 250 g/mol. The normalized spacial score (nSPS) is 10.9. The highest BCUT2D eigenvalue weighted by Gasteiger charge is 2.08. The minimum absolute atomic E-state index is 0.510. The molecule has 2 aromatic rings. The third-order valence-electron chi connectivity index (χ3n) is 2.66. The van der Waals surface area contributed by atoms with Crippen molar-refractivity contribution >= 4 is 40.0 Å². The van der Waals surface area contributed by atoms with Crippen LogP contribution in [-0.2, 0) is 13.5 Å². The zero-order valence-corrected chi connectivity index (χ0v) is 11.6. The summed E-state index contributed by atoms with van der Waals surface area (Å²) in [5, 5.41) is 0.959. The Hall–Kier alpha value is -1.07. The molecule has 0 unspecified atom stereocenters. The van der Waals surface area contributed by atoms with Crippen molar-refractivity contribution in [2.75, 3.05) is 5.75 Å². The number of aryl methyl sites for hydroxylation is 2. The van der Waals surface area contributed by atoms with Gasteiger partial charge in [0.15, 0.2) is 5.16 Å². The lowest BCUT2D eigenvalue weighted by Gasteiger charge is -2.00. The molecular formula is C12H15N3S2. The molecule has 0 atom stereocenters. The molecule has 0 aliphatic heterocycles. The standard InChI is InChI=1S/C12H15N3S2/c1-3-8-4-5-10-9(6-8)14-12(15(10)2)17-7-11(13)16/h4-6H,3,7H2,1-2H3,(H2,13,16). The van der Waals surface area contributed by atoms with E-state index in [4.69, 9.17) is 18.0 Å². The number of thioether (sulfide) groups is 1. The van der Waals surface area contributed by atoms with E-state index in [0.717, 1.165) is 22.6 Å². The third-order valence-corrected chi connectivity index (χ3v) is 4.06. The first kappa shape index (κ1) is 12.4. The molecule has 0 fully saturated rings. The summed E-state index contributed by atoms with van der Waals surface area (Å²) in [7, 11) is 2.02. The van der Waals surface area contributed by atoms with Gasteiger partial charge in [-0.1, -0.05) is 37.0 Å². The van der Waals surface area contributed by atoms with Gasteiger partial charge in [0.1, 0.15) is 0 Å². The van der Waals surface area contributed by atoms with Crippen LogP contribution in [0.5, 0.6) is 0 Å². The average molecular weight is 265 g/mol. The zero-order valence-electron chi connectivity index (χ0n) is 9.93. The van der Waals surface area contributed by atoms with Gasteiger partial charge in [-0.05, 0) is 24.1 Å². The van der Waals surface area contributed by atoms with Crippen molar-refractivity contribution in [3.63, 3.8) is 0 Å². The van der Waals surface area contributed by atoms with Crippen LogP contribution in [0.1, 0.15) is 12.5 Å². The van der Waals surface area contributed by atoms with Crippen LogP contribution in [0.15, 0.2) is 23.4 Å². The Balaban J connectivity index is 2.38. The topological polar surface area (TPSA) is 43.8 Å². The second-order valence-electron chi connectivity index (χ2n) is 3.89. The van der Waals surface area contributed by atoms with E-state index < -0.39 is 0 Å². The summed E-state index contributed by atoms with van der Waals surface area (Å²) in [6.07, 6.45) is 1.03. The number of hydrogen-bond acceptors (Lipinski definition) is 3. The van der Waals surface area contributed by atoms with Gasteiger partial charge in [-0.25, -0.2) is 4.98 Å². The highest BCUT2D eigenvalue weighted by atomic mass is 32.2. The Morgan fingerprint density at radius 2 is 2.29 bits per heavy atom. The lowest BCUT2D eigenvalue weighted by Crippen LogP contribution is -2.10. The summed E-state index contributed by atoms with van der Waals surface area (Å²) in [6.45, 7) is 2.15. The first-order valence-corrected chi connectivity index (χ1v) is 6.87. The zero-order chi connectivity index (χ0) is 12.4. The summed E-state index contributed by atoms with van der Waals surface area (Å²) in [4.78, 5) is 5.11. The molecule has 17 heavy (non-hydrogen) atoms. The number of imidazole rings is 1. The van der Waals surface area contributed by atoms with E-state index in [2.05, 4.69) is 34.7 Å². The molecule has 1 heterocycles. The molecule has 0 saturated heterocycles. The summed E-state index contributed by atoms with van der Waals surface area (Å²) < 4.78 is 2.08. The molecule has 0 bridgehead atoms. The molecule has 0 amide bonds. The van der Waals surface area contributed by atoms with Crippen molar-refractivity contribution in [3.05, 3.63) is 23.8 Å². The quantitative estimate of drug-likeness (QED) is 0.681. The second kappa shape index (κ2) is 5.06. The molecule has 2 N–H and O–H groups in total. The molecule has 90 valence electrons. The van der Waals surface area contributed by atoms with E-state index in [0.29, 0.717) is 10.7 Å². The summed E-state index contributed by atoms with van der Waals surface area (Å²) >= 11 is 6.46. The van der Waals surface area contributed by atoms with E-state index in [9.17, 15) is 0 Å². The Bertz CT molecular complexity index is 560. The molecule has 1 aromatic heterocycles. The van der Waals surface area contributed by atoms with Gasteiger partial charge in [-0.3, -0.25) is 0 Å². The van der Waals surface area contributed by atoms with E-state index >= 15 is 0 Å². The predicted octanol–water partition coefficient (Wildman–Crippen LogP) is 2.51. The molecule has 0 radical (unpaired) electrons. The predicted molar refractivity (Wildman–Crippen MR) is 77.6 cm³/mol. The van der Waals surface area contributed by atoms with E-state index in [1.165, 1.54) is 5.56 Å². The van der Waals surface area contributed by atoms with Crippen molar-refractivity contribution < 1.29 is 0 Å². The van der Waals surface area contributed by atoms with E-state index in [-0.39, 0.29) is 0 Å². The molecule has 0 aliphatic carbocycles. The maximum Gasteiger partial charge on any atom is 0.169 e. The number of thiocarbonyl (C=S) groups is 1. The van der Waals surface area contributed by atoms with Crippen LogP contribution < -0.4 is 5.73 Å². The van der Waals surface area contributed by atoms with Gasteiger partial charge in [0.25, 0.3) is 0 Å². The fraction of sp³-hybridized carbons (Fsp3) is 0.333. The Kier molecular flexibility index (Phi) is 3.69. The largest absolute Gasteiger partial charge is 0.393 e. The number of rotatable bonds is 4. The Morgan fingerprint density at radius 3 is 2.94 bits per heavy atom. The maximum absolute atomic E-state index is 5.50. The lowest BCUT2D eigenvalue weighted by molar-refractivity contribution is 0.816. The molecule has 1 aromatic carbocycles. The van der Waals surface area contributed by atoms with Crippen molar-refractivity contribution in [1.82, 2.24) is 9.55 Å². The van der Waals surface area contributed by atoms with Crippen molar-refractivity contribution in [2.45, 2.75) is 18.5 Å². The van der Waals surface area contributed by atoms with Gasteiger partial charge >= 0.3 is 0 Å². The lowest BCUT2D eigenvalue weighted by atomic mass is 10.1. The Morgan fingerprint density at radius 1 is 1.53 bits per heavy atom. The van der Waals surface area contributed by atoms with Crippen LogP contribution in [0.25, 0.3) is 11.0 Å². The van der Waals surface area contributed by atoms with Crippen LogP contribution in [0.4, 0.5) is 0 Å². The van der Waals surface area contributed by atoms with Gasteiger partial charge in [0.2, 0.25) is 0 Å². The van der Waals surface area contributed by atoms with Crippen molar-refractivity contribution in [3.8, 4) is 0 Å². The summed E-state index contributed by atoms with van der Waals surface area (Å²) in [6, 6.07) is 6.40. The smallest absolute Gasteiger partial charge is 0.169 e. The fourth-order valence-corrected chi connectivity index (χ4v) is 2.61. The van der Waals surface area contributed by atoms with Gasteiger partial charge in [0.05, 0.1) is 21.8 Å². The van der Waals surface area contributed by atoms with Crippen LogP contribution in [0, 0.1) is 0 Å². The number of nitrogens with zero attached hydrogens (tertiary/aromatic N) is 2. The SMILES string of the molecule is CCc1ccc2c(c1)nc(SCC(N)=S)n2C. The number of aromatic nitrogens is 2. The van der Waals surface area contributed by atoms with E-state index in [1.807, 2.05) is 7.05 Å². The Labute approximate surface area is 110 Å². The number of benzene rings is 1. The number of fused-ring (bicyclic) bond motifs is 1. The molecule has 3 nitrogen and oxygen atoms in total. The number of hydrogen-bond donors (Lipinski definition) is 1. The number of nitrogens with two attached hydrogens (primary N) is 1. The highest BCUT2D eigenvalue weighted by molar-refractivity contribution is 8.00. The fourth-order valence-electron chi connectivity index (χ4n) is 1.71. The molecule has 0 spiro atoms. The monoisotopic (exact) mass is 265 g/mol. The van der Waals surface area contributed by atoms with Crippen LogP contribution >= 0.6 is 24.0 Å². The van der Waals surface area contributed by atoms with Crippen LogP contribution in [-0.4, -0.2) is 20.3 Å². The van der Waals surface area contributed by atoms with Gasteiger partial charge < -0.3 is 10.3 Å². The van der Waals surface area contributed by atoms with Crippen molar-refractivity contribution in [2.24, 2.45) is 12.8 Å². The average Bonchev–Trinajstić information content (AvgIpc) is 2.63. The second-order valence-corrected chi connectivity index (χ2v) is 5.35. The van der Waals surface area contributed by atoms with Gasteiger partial charge in [0, 0.05) is 7.05 Å².